The average molecular weight is 327 g/mol. The molecule has 128 valence electrons. The summed E-state index contributed by atoms with van der Waals surface area (Å²) < 4.78 is 5.79. The Morgan fingerprint density at radius 1 is 1.17 bits per heavy atom. The Kier molecular flexibility index (Phi) is 7.23. The van der Waals surface area contributed by atoms with E-state index >= 15 is 0 Å². The zero-order chi connectivity index (χ0) is 17.2. The first kappa shape index (κ1) is 17.9. The molecule has 0 aliphatic rings. The minimum Gasteiger partial charge on any atom is -0.491 e. The van der Waals surface area contributed by atoms with Crippen molar-refractivity contribution in [2.24, 2.45) is 0 Å². The van der Waals surface area contributed by atoms with E-state index in [9.17, 15) is 4.79 Å². The number of carbonyl (C=O) groups excluding carboxylic acids is 1. The molecule has 0 atom stereocenters. The van der Waals surface area contributed by atoms with E-state index in [-0.39, 0.29) is 12.0 Å². The normalized spacial score (nSPS) is 10.6. The van der Waals surface area contributed by atoms with Gasteiger partial charge in [-0.2, -0.15) is 0 Å². The van der Waals surface area contributed by atoms with Crippen LogP contribution in [0.5, 0.6) is 5.75 Å². The molecule has 2 aromatic rings. The van der Waals surface area contributed by atoms with Gasteiger partial charge in [-0.25, -0.2) is 0 Å². The fourth-order valence-electron chi connectivity index (χ4n) is 2.24. The quantitative estimate of drug-likeness (QED) is 0.695. The second kappa shape index (κ2) is 9.67. The summed E-state index contributed by atoms with van der Waals surface area (Å²) in [6.45, 7) is 5.83. The number of nitrogens with zero attached hydrogens (tertiary/aromatic N) is 1. The molecule has 1 aromatic heterocycles. The highest BCUT2D eigenvalue weighted by Gasteiger charge is 2.05. The van der Waals surface area contributed by atoms with Crippen LogP contribution in [0.3, 0.4) is 0 Å². The van der Waals surface area contributed by atoms with Crippen molar-refractivity contribution >= 4 is 5.91 Å². The minimum atomic E-state index is 0.0260. The lowest BCUT2D eigenvalue weighted by atomic mass is 10.2. The number of carbonyl (C=O) groups is 1. The Morgan fingerprint density at radius 3 is 2.75 bits per heavy atom. The molecule has 0 saturated heterocycles. The number of benzene rings is 1. The summed E-state index contributed by atoms with van der Waals surface area (Å²) in [5, 5.41) is 6.18. The SMILES string of the molecule is CC(C)Oc1ccccc1CNCCC(=O)NCc1cccnc1. The Morgan fingerprint density at radius 2 is 2.00 bits per heavy atom. The zero-order valence-electron chi connectivity index (χ0n) is 14.3. The number of hydrogen-bond donors (Lipinski definition) is 2. The topological polar surface area (TPSA) is 63.2 Å². The molecule has 5 heteroatoms. The molecule has 0 fully saturated rings. The first-order valence-corrected chi connectivity index (χ1v) is 8.26. The van der Waals surface area contributed by atoms with E-state index in [0.29, 0.717) is 26.1 Å². The van der Waals surface area contributed by atoms with Crippen molar-refractivity contribution in [2.75, 3.05) is 6.54 Å². The summed E-state index contributed by atoms with van der Waals surface area (Å²) in [5.74, 6) is 0.916. The fraction of sp³-hybridized carbons (Fsp3) is 0.368. The van der Waals surface area contributed by atoms with E-state index in [4.69, 9.17) is 4.74 Å². The van der Waals surface area contributed by atoms with E-state index in [1.54, 1.807) is 12.4 Å². The fourth-order valence-corrected chi connectivity index (χ4v) is 2.24. The molecule has 1 heterocycles. The molecule has 0 aliphatic carbocycles. The van der Waals surface area contributed by atoms with Crippen LogP contribution in [0.2, 0.25) is 0 Å². The summed E-state index contributed by atoms with van der Waals surface area (Å²) in [5.41, 5.74) is 2.10. The number of nitrogens with one attached hydrogen (secondary N) is 2. The maximum absolute atomic E-state index is 11.8. The van der Waals surface area contributed by atoms with Crippen LogP contribution in [0.25, 0.3) is 0 Å². The van der Waals surface area contributed by atoms with Crippen molar-refractivity contribution in [1.82, 2.24) is 15.6 Å². The lowest BCUT2D eigenvalue weighted by Crippen LogP contribution is -2.27. The molecule has 0 aliphatic heterocycles. The number of para-hydroxylation sites is 1. The summed E-state index contributed by atoms with van der Waals surface area (Å²) >= 11 is 0. The molecule has 24 heavy (non-hydrogen) atoms. The van der Waals surface area contributed by atoms with Gasteiger partial charge in [-0.15, -0.1) is 0 Å². The van der Waals surface area contributed by atoms with Crippen LogP contribution >= 0.6 is 0 Å². The highest BCUT2D eigenvalue weighted by atomic mass is 16.5. The Labute approximate surface area is 143 Å². The van der Waals surface area contributed by atoms with Gasteiger partial charge in [-0.3, -0.25) is 9.78 Å². The maximum atomic E-state index is 11.8. The summed E-state index contributed by atoms with van der Waals surface area (Å²) in [6, 6.07) is 11.8. The predicted octanol–water partition coefficient (Wildman–Crippen LogP) is 2.66. The van der Waals surface area contributed by atoms with Crippen molar-refractivity contribution in [3.8, 4) is 5.75 Å². The van der Waals surface area contributed by atoms with Gasteiger partial charge < -0.3 is 15.4 Å². The molecule has 2 rings (SSSR count). The molecule has 1 amide bonds. The van der Waals surface area contributed by atoms with E-state index in [2.05, 4.69) is 15.6 Å². The van der Waals surface area contributed by atoms with Crippen molar-refractivity contribution in [1.29, 1.82) is 0 Å². The van der Waals surface area contributed by atoms with Gasteiger partial charge in [-0.1, -0.05) is 24.3 Å². The van der Waals surface area contributed by atoms with Gasteiger partial charge in [0, 0.05) is 44.0 Å². The summed E-state index contributed by atoms with van der Waals surface area (Å²) in [4.78, 5) is 15.9. The minimum absolute atomic E-state index is 0.0260. The van der Waals surface area contributed by atoms with Crippen LogP contribution in [-0.4, -0.2) is 23.5 Å². The third-order valence-corrected chi connectivity index (χ3v) is 3.39. The Balaban J connectivity index is 1.68. The molecule has 0 saturated carbocycles. The standard InChI is InChI=1S/C19H25N3O2/c1-15(2)24-18-8-4-3-7-17(18)14-21-11-9-19(23)22-13-16-6-5-10-20-12-16/h3-8,10,12,15,21H,9,11,13-14H2,1-2H3,(H,22,23). The largest absolute Gasteiger partial charge is 0.491 e. The molecular formula is C19H25N3O2. The van der Waals surface area contributed by atoms with E-state index < -0.39 is 0 Å². The monoisotopic (exact) mass is 327 g/mol. The van der Waals surface area contributed by atoms with Gasteiger partial charge in [0.15, 0.2) is 0 Å². The molecule has 0 bridgehead atoms. The van der Waals surface area contributed by atoms with Crippen LogP contribution < -0.4 is 15.4 Å². The Hall–Kier alpha value is -2.40. The van der Waals surface area contributed by atoms with Crippen LogP contribution in [0.15, 0.2) is 48.8 Å². The third kappa shape index (κ3) is 6.38. The number of amides is 1. The lowest BCUT2D eigenvalue weighted by molar-refractivity contribution is -0.121. The first-order valence-electron chi connectivity index (χ1n) is 8.26. The zero-order valence-corrected chi connectivity index (χ0v) is 14.3. The van der Waals surface area contributed by atoms with Gasteiger partial charge in [0.25, 0.3) is 0 Å². The number of ether oxygens (including phenoxy) is 1. The number of pyridine rings is 1. The molecule has 0 spiro atoms. The number of rotatable bonds is 9. The number of hydrogen-bond acceptors (Lipinski definition) is 4. The van der Waals surface area contributed by atoms with Crippen molar-refractivity contribution in [3.63, 3.8) is 0 Å². The molecule has 5 nitrogen and oxygen atoms in total. The first-order chi connectivity index (χ1) is 11.6. The van der Waals surface area contributed by atoms with Crippen LogP contribution in [-0.2, 0) is 17.9 Å². The summed E-state index contributed by atoms with van der Waals surface area (Å²) in [6.07, 6.45) is 4.05. The predicted molar refractivity (Wildman–Crippen MR) is 94.6 cm³/mol. The van der Waals surface area contributed by atoms with E-state index in [1.165, 1.54) is 0 Å². The average Bonchev–Trinajstić information content (AvgIpc) is 2.58. The van der Waals surface area contributed by atoms with Crippen LogP contribution in [0, 0.1) is 0 Å². The second-order valence-electron chi connectivity index (χ2n) is 5.84. The van der Waals surface area contributed by atoms with Crippen molar-refractivity contribution in [2.45, 2.75) is 39.5 Å². The molecule has 0 unspecified atom stereocenters. The highest BCUT2D eigenvalue weighted by Crippen LogP contribution is 2.18. The van der Waals surface area contributed by atoms with E-state index in [1.807, 2.05) is 50.2 Å². The van der Waals surface area contributed by atoms with Gasteiger partial charge >= 0.3 is 0 Å². The van der Waals surface area contributed by atoms with Gasteiger partial charge in [0.05, 0.1) is 6.10 Å². The maximum Gasteiger partial charge on any atom is 0.221 e. The third-order valence-electron chi connectivity index (χ3n) is 3.39. The summed E-state index contributed by atoms with van der Waals surface area (Å²) in [7, 11) is 0. The Bertz CT molecular complexity index is 630. The van der Waals surface area contributed by atoms with Gasteiger partial charge in [0.1, 0.15) is 5.75 Å². The molecule has 1 aromatic carbocycles. The number of aromatic nitrogens is 1. The van der Waals surface area contributed by atoms with Crippen molar-refractivity contribution in [3.05, 3.63) is 59.9 Å². The van der Waals surface area contributed by atoms with Gasteiger partial charge in [-0.05, 0) is 31.5 Å². The lowest BCUT2D eigenvalue weighted by Gasteiger charge is -2.14. The second-order valence-corrected chi connectivity index (χ2v) is 5.84. The molecule has 2 N–H and O–H groups in total. The van der Waals surface area contributed by atoms with Gasteiger partial charge in [0.2, 0.25) is 5.91 Å². The molecular weight excluding hydrogens is 302 g/mol. The van der Waals surface area contributed by atoms with E-state index in [0.717, 1.165) is 16.9 Å². The van der Waals surface area contributed by atoms with Crippen LogP contribution in [0.1, 0.15) is 31.4 Å². The smallest absolute Gasteiger partial charge is 0.221 e. The highest BCUT2D eigenvalue weighted by molar-refractivity contribution is 5.76. The molecule has 0 radical (unpaired) electrons. The van der Waals surface area contributed by atoms with Crippen molar-refractivity contribution < 1.29 is 9.53 Å². The van der Waals surface area contributed by atoms with Crippen LogP contribution in [0.4, 0.5) is 0 Å².